The van der Waals surface area contributed by atoms with Crippen LogP contribution in [-0.4, -0.2) is 9.97 Å². The summed E-state index contributed by atoms with van der Waals surface area (Å²) in [6, 6.07) is 7.45. The van der Waals surface area contributed by atoms with E-state index in [9.17, 15) is 0 Å². The van der Waals surface area contributed by atoms with Crippen LogP contribution in [0.3, 0.4) is 0 Å². The highest BCUT2D eigenvalue weighted by Gasteiger charge is 2.11. The first-order chi connectivity index (χ1) is 8.61. The van der Waals surface area contributed by atoms with Gasteiger partial charge in [-0.3, -0.25) is 0 Å². The number of hydrogen-bond acceptors (Lipinski definition) is 3. The molecule has 0 saturated heterocycles. The summed E-state index contributed by atoms with van der Waals surface area (Å²) in [5.41, 5.74) is 7.70. The first-order valence-electron chi connectivity index (χ1n) is 5.69. The van der Waals surface area contributed by atoms with Gasteiger partial charge in [-0.2, -0.15) is 0 Å². The minimum atomic E-state index is 0.462. The molecule has 2 N–H and O–H groups in total. The summed E-state index contributed by atoms with van der Waals surface area (Å²) in [5, 5.41) is 0.662. The van der Waals surface area contributed by atoms with Crippen LogP contribution in [-0.2, 0) is 6.42 Å². The fourth-order valence-corrected chi connectivity index (χ4v) is 2.24. The summed E-state index contributed by atoms with van der Waals surface area (Å²) in [6.45, 7) is 2.10. The summed E-state index contributed by atoms with van der Waals surface area (Å²) in [6.07, 6.45) is 1.87. The summed E-state index contributed by atoms with van der Waals surface area (Å²) in [5.74, 6) is 1.07. The topological polar surface area (TPSA) is 51.8 Å². The zero-order valence-corrected chi connectivity index (χ0v) is 12.3. The molecule has 3 nitrogen and oxygen atoms in total. The molecule has 0 fully saturated rings. The van der Waals surface area contributed by atoms with Crippen LogP contribution >= 0.6 is 27.5 Å². The minimum Gasteiger partial charge on any atom is -0.383 e. The van der Waals surface area contributed by atoms with Gasteiger partial charge in [0.25, 0.3) is 0 Å². The van der Waals surface area contributed by atoms with Crippen molar-refractivity contribution in [3.05, 3.63) is 39.5 Å². The molecule has 0 aliphatic heterocycles. The molecule has 2 aromatic rings. The van der Waals surface area contributed by atoms with E-state index in [1.165, 1.54) is 0 Å². The monoisotopic (exact) mass is 325 g/mol. The number of nitrogens with two attached hydrogens (primary N) is 1. The molecular formula is C13H13BrClN3. The van der Waals surface area contributed by atoms with Crippen LogP contribution in [0.1, 0.15) is 19.0 Å². The third kappa shape index (κ3) is 2.82. The highest BCUT2D eigenvalue weighted by Crippen LogP contribution is 2.27. The Morgan fingerprint density at radius 2 is 2.11 bits per heavy atom. The third-order valence-electron chi connectivity index (χ3n) is 2.52. The Morgan fingerprint density at radius 1 is 1.33 bits per heavy atom. The van der Waals surface area contributed by atoms with E-state index in [2.05, 4.69) is 32.8 Å². The van der Waals surface area contributed by atoms with Gasteiger partial charge in [-0.1, -0.05) is 37.1 Å². The molecule has 0 aliphatic rings. The Morgan fingerprint density at radius 3 is 2.78 bits per heavy atom. The average Bonchev–Trinajstić information content (AvgIpc) is 2.35. The van der Waals surface area contributed by atoms with E-state index in [0.29, 0.717) is 16.7 Å². The van der Waals surface area contributed by atoms with Crippen molar-refractivity contribution in [1.82, 2.24) is 9.97 Å². The van der Waals surface area contributed by atoms with Crippen LogP contribution in [0.25, 0.3) is 11.4 Å². The van der Waals surface area contributed by atoms with Crippen LogP contribution < -0.4 is 5.73 Å². The second kappa shape index (κ2) is 5.67. The van der Waals surface area contributed by atoms with Crippen LogP contribution in [0.15, 0.2) is 28.7 Å². The molecule has 2 rings (SSSR count). The summed E-state index contributed by atoms with van der Waals surface area (Å²) < 4.78 is 0.787. The Labute approximate surface area is 120 Å². The number of anilines is 1. The first kappa shape index (κ1) is 13.3. The molecule has 0 saturated carbocycles. The van der Waals surface area contributed by atoms with Gasteiger partial charge < -0.3 is 5.73 Å². The fourth-order valence-electron chi connectivity index (χ4n) is 1.67. The average molecular weight is 327 g/mol. The lowest BCUT2D eigenvalue weighted by Gasteiger charge is -2.08. The molecular weight excluding hydrogens is 314 g/mol. The predicted octanol–water partition coefficient (Wildman–Crippen LogP) is 4.09. The standard InChI is InChI=1S/C13H13BrClN3/c1-2-4-10-11(14)12(16)18-13(17-10)8-5-3-6-9(15)7-8/h3,5-7H,2,4H2,1H3,(H2,16,17,18). The van der Waals surface area contributed by atoms with Gasteiger partial charge in [-0.15, -0.1) is 0 Å². The number of nitrogens with zero attached hydrogens (tertiary/aromatic N) is 2. The lowest BCUT2D eigenvalue weighted by atomic mass is 10.2. The molecule has 18 heavy (non-hydrogen) atoms. The predicted molar refractivity (Wildman–Crippen MR) is 78.6 cm³/mol. The first-order valence-corrected chi connectivity index (χ1v) is 6.86. The Bertz CT molecular complexity index is 572. The quantitative estimate of drug-likeness (QED) is 0.924. The number of nitrogen functional groups attached to an aromatic ring is 1. The number of rotatable bonds is 3. The molecule has 0 amide bonds. The van der Waals surface area contributed by atoms with Gasteiger partial charge in [-0.05, 0) is 34.5 Å². The van der Waals surface area contributed by atoms with Gasteiger partial charge in [0.2, 0.25) is 0 Å². The van der Waals surface area contributed by atoms with Crippen LogP contribution in [0, 0.1) is 0 Å². The van der Waals surface area contributed by atoms with Gasteiger partial charge >= 0.3 is 0 Å². The number of halogens is 2. The van der Waals surface area contributed by atoms with E-state index in [1.807, 2.05) is 24.3 Å². The van der Waals surface area contributed by atoms with Crippen molar-refractivity contribution in [3.8, 4) is 11.4 Å². The van der Waals surface area contributed by atoms with E-state index in [0.717, 1.165) is 28.6 Å². The lowest BCUT2D eigenvalue weighted by Crippen LogP contribution is -2.02. The van der Waals surface area contributed by atoms with Crippen molar-refractivity contribution in [2.75, 3.05) is 5.73 Å². The largest absolute Gasteiger partial charge is 0.383 e. The van der Waals surface area contributed by atoms with Crippen LogP contribution in [0.5, 0.6) is 0 Å². The van der Waals surface area contributed by atoms with Gasteiger partial charge in [0.1, 0.15) is 5.82 Å². The van der Waals surface area contributed by atoms with Crippen LogP contribution in [0.4, 0.5) is 5.82 Å². The van der Waals surface area contributed by atoms with Gasteiger partial charge in [0.05, 0.1) is 10.2 Å². The molecule has 5 heteroatoms. The molecule has 94 valence electrons. The van der Waals surface area contributed by atoms with Crippen molar-refractivity contribution >= 4 is 33.3 Å². The minimum absolute atomic E-state index is 0.462. The highest BCUT2D eigenvalue weighted by atomic mass is 79.9. The normalized spacial score (nSPS) is 10.6. The number of aromatic nitrogens is 2. The van der Waals surface area contributed by atoms with E-state index in [1.54, 1.807) is 0 Å². The molecule has 0 unspecified atom stereocenters. The molecule has 1 aromatic heterocycles. The number of hydrogen-bond donors (Lipinski definition) is 1. The van der Waals surface area contributed by atoms with Crippen molar-refractivity contribution in [2.45, 2.75) is 19.8 Å². The molecule has 1 heterocycles. The highest BCUT2D eigenvalue weighted by molar-refractivity contribution is 9.10. The summed E-state index contributed by atoms with van der Waals surface area (Å²) in [4.78, 5) is 8.83. The molecule has 0 aliphatic carbocycles. The fraction of sp³-hybridized carbons (Fsp3) is 0.231. The van der Waals surface area contributed by atoms with Gasteiger partial charge in [0, 0.05) is 10.6 Å². The SMILES string of the molecule is CCCc1nc(-c2cccc(Cl)c2)nc(N)c1Br. The van der Waals surface area contributed by atoms with Crippen molar-refractivity contribution in [1.29, 1.82) is 0 Å². The van der Waals surface area contributed by atoms with Crippen molar-refractivity contribution in [3.63, 3.8) is 0 Å². The number of benzene rings is 1. The van der Waals surface area contributed by atoms with E-state index >= 15 is 0 Å². The zero-order chi connectivity index (χ0) is 13.1. The van der Waals surface area contributed by atoms with E-state index < -0.39 is 0 Å². The Kier molecular flexibility index (Phi) is 4.19. The molecule has 0 atom stereocenters. The van der Waals surface area contributed by atoms with E-state index in [4.69, 9.17) is 17.3 Å². The van der Waals surface area contributed by atoms with Crippen molar-refractivity contribution in [2.24, 2.45) is 0 Å². The van der Waals surface area contributed by atoms with Gasteiger partial charge in [0.15, 0.2) is 5.82 Å². The second-order valence-corrected chi connectivity index (χ2v) is 5.18. The maximum Gasteiger partial charge on any atom is 0.161 e. The van der Waals surface area contributed by atoms with E-state index in [-0.39, 0.29) is 0 Å². The second-order valence-electron chi connectivity index (χ2n) is 3.95. The maximum atomic E-state index is 5.97. The lowest BCUT2D eigenvalue weighted by molar-refractivity contribution is 0.870. The third-order valence-corrected chi connectivity index (χ3v) is 3.61. The summed E-state index contributed by atoms with van der Waals surface area (Å²) >= 11 is 9.40. The smallest absolute Gasteiger partial charge is 0.161 e. The molecule has 1 aromatic carbocycles. The maximum absolute atomic E-state index is 5.97. The van der Waals surface area contributed by atoms with Gasteiger partial charge in [-0.25, -0.2) is 9.97 Å². The molecule has 0 spiro atoms. The Balaban J connectivity index is 2.51. The Hall–Kier alpha value is -1.13. The molecule has 0 radical (unpaired) electrons. The summed E-state index contributed by atoms with van der Waals surface area (Å²) in [7, 11) is 0. The zero-order valence-electron chi connectivity index (χ0n) is 9.95. The molecule has 0 bridgehead atoms. The van der Waals surface area contributed by atoms with Crippen LogP contribution in [0.2, 0.25) is 5.02 Å². The number of aryl methyl sites for hydroxylation is 1. The van der Waals surface area contributed by atoms with Crippen molar-refractivity contribution < 1.29 is 0 Å².